The summed E-state index contributed by atoms with van der Waals surface area (Å²) in [6, 6.07) is 19.5. The van der Waals surface area contributed by atoms with Gasteiger partial charge in [-0.3, -0.25) is 4.98 Å². The van der Waals surface area contributed by atoms with Gasteiger partial charge in [-0.05, 0) is 49.2 Å². The molecule has 0 atom stereocenters. The van der Waals surface area contributed by atoms with Crippen molar-refractivity contribution >= 4 is 5.82 Å². The minimum absolute atomic E-state index is 0.0999. The minimum atomic E-state index is 0.0999. The first kappa shape index (κ1) is 16.2. The van der Waals surface area contributed by atoms with E-state index in [0.29, 0.717) is 5.56 Å². The molecule has 1 aliphatic rings. The van der Waals surface area contributed by atoms with Gasteiger partial charge in [-0.1, -0.05) is 24.6 Å². The van der Waals surface area contributed by atoms with E-state index in [0.717, 1.165) is 42.2 Å². The Labute approximate surface area is 152 Å². The van der Waals surface area contributed by atoms with Crippen LogP contribution in [0.15, 0.2) is 60.8 Å². The van der Waals surface area contributed by atoms with Crippen molar-refractivity contribution in [1.29, 1.82) is 5.26 Å². The summed E-state index contributed by atoms with van der Waals surface area (Å²) >= 11 is 0. The topological polar surface area (TPSA) is 74.5 Å². The van der Waals surface area contributed by atoms with E-state index >= 15 is 0 Å². The molecular formula is C21H19N5. The Morgan fingerprint density at radius 3 is 2.62 bits per heavy atom. The zero-order valence-electron chi connectivity index (χ0n) is 14.4. The van der Waals surface area contributed by atoms with Gasteiger partial charge in [0.2, 0.25) is 0 Å². The van der Waals surface area contributed by atoms with Crippen LogP contribution in [0.2, 0.25) is 0 Å². The van der Waals surface area contributed by atoms with Crippen LogP contribution in [0.25, 0.3) is 11.3 Å². The van der Waals surface area contributed by atoms with E-state index in [-0.39, 0.29) is 5.41 Å². The highest BCUT2D eigenvalue weighted by Crippen LogP contribution is 2.42. The molecule has 1 aliphatic carbocycles. The normalized spacial score (nSPS) is 14.9. The van der Waals surface area contributed by atoms with Gasteiger partial charge < -0.3 is 5.32 Å². The van der Waals surface area contributed by atoms with E-state index in [1.54, 1.807) is 6.07 Å². The van der Waals surface area contributed by atoms with Crippen molar-refractivity contribution in [2.45, 2.75) is 24.7 Å². The van der Waals surface area contributed by atoms with Crippen LogP contribution in [0, 0.1) is 11.3 Å². The third-order valence-electron chi connectivity index (χ3n) is 5.08. The van der Waals surface area contributed by atoms with Gasteiger partial charge in [-0.2, -0.15) is 5.26 Å². The maximum Gasteiger partial charge on any atom is 0.148 e. The van der Waals surface area contributed by atoms with Gasteiger partial charge in [0.25, 0.3) is 0 Å². The summed E-state index contributed by atoms with van der Waals surface area (Å²) in [7, 11) is 0. The van der Waals surface area contributed by atoms with Gasteiger partial charge in [0.05, 0.1) is 17.3 Å². The van der Waals surface area contributed by atoms with Gasteiger partial charge in [0.1, 0.15) is 5.82 Å². The number of pyridine rings is 1. The number of rotatable bonds is 5. The Morgan fingerprint density at radius 2 is 1.96 bits per heavy atom. The average Bonchev–Trinajstić information content (AvgIpc) is 2.68. The van der Waals surface area contributed by atoms with Gasteiger partial charge in [-0.15, -0.1) is 10.2 Å². The first-order chi connectivity index (χ1) is 12.8. The predicted molar refractivity (Wildman–Crippen MR) is 100 cm³/mol. The van der Waals surface area contributed by atoms with Gasteiger partial charge >= 0.3 is 0 Å². The maximum absolute atomic E-state index is 9.02. The summed E-state index contributed by atoms with van der Waals surface area (Å²) in [4.78, 5) is 4.55. The van der Waals surface area contributed by atoms with Crippen LogP contribution in [-0.2, 0) is 5.41 Å². The summed E-state index contributed by atoms with van der Waals surface area (Å²) in [5, 5.41) is 21.0. The van der Waals surface area contributed by atoms with Crippen molar-refractivity contribution < 1.29 is 0 Å². The monoisotopic (exact) mass is 341 g/mol. The largest absolute Gasteiger partial charge is 0.368 e. The first-order valence-corrected chi connectivity index (χ1v) is 8.79. The highest BCUT2D eigenvalue weighted by atomic mass is 15.2. The van der Waals surface area contributed by atoms with Crippen molar-refractivity contribution in [1.82, 2.24) is 15.2 Å². The molecule has 5 nitrogen and oxygen atoms in total. The van der Waals surface area contributed by atoms with Crippen molar-refractivity contribution in [3.63, 3.8) is 0 Å². The molecule has 0 radical (unpaired) electrons. The molecule has 128 valence electrons. The number of hydrogen-bond acceptors (Lipinski definition) is 5. The molecule has 2 aromatic heterocycles. The Kier molecular flexibility index (Phi) is 4.32. The molecule has 1 fully saturated rings. The fourth-order valence-electron chi connectivity index (χ4n) is 3.39. The van der Waals surface area contributed by atoms with Gasteiger partial charge in [0, 0.05) is 29.4 Å². The third kappa shape index (κ3) is 3.14. The number of hydrogen-bond donors (Lipinski definition) is 1. The fourth-order valence-corrected chi connectivity index (χ4v) is 3.39. The zero-order valence-corrected chi connectivity index (χ0v) is 14.4. The predicted octanol–water partition coefficient (Wildman–Crippen LogP) is 3.94. The third-order valence-corrected chi connectivity index (χ3v) is 5.08. The van der Waals surface area contributed by atoms with Crippen LogP contribution in [-0.4, -0.2) is 21.7 Å². The van der Waals surface area contributed by atoms with Gasteiger partial charge in [0.15, 0.2) is 0 Å². The fraction of sp³-hybridized carbons (Fsp3) is 0.238. The Bertz CT molecular complexity index is 925. The molecule has 1 saturated carbocycles. The maximum atomic E-state index is 9.02. The lowest BCUT2D eigenvalue weighted by molar-refractivity contribution is 0.253. The van der Waals surface area contributed by atoms with Crippen LogP contribution in [0.3, 0.4) is 0 Å². The lowest BCUT2D eigenvalue weighted by atomic mass is 9.66. The Hall–Kier alpha value is -3.26. The molecule has 0 aliphatic heterocycles. The molecule has 0 amide bonds. The average molecular weight is 341 g/mol. The Balaban J connectivity index is 1.47. The lowest BCUT2D eigenvalue weighted by Crippen LogP contribution is -2.41. The quantitative estimate of drug-likeness (QED) is 0.761. The number of benzene rings is 1. The highest BCUT2D eigenvalue weighted by molar-refractivity contribution is 5.61. The molecule has 0 saturated heterocycles. The summed E-state index contributed by atoms with van der Waals surface area (Å²) in [6.45, 7) is 0.807. The van der Waals surface area contributed by atoms with Crippen LogP contribution >= 0.6 is 0 Å². The van der Waals surface area contributed by atoms with Crippen LogP contribution in [0.5, 0.6) is 0 Å². The second-order valence-corrected chi connectivity index (χ2v) is 6.70. The van der Waals surface area contributed by atoms with E-state index in [9.17, 15) is 0 Å². The first-order valence-electron chi connectivity index (χ1n) is 8.79. The molecular weight excluding hydrogens is 322 g/mol. The molecule has 1 N–H and O–H groups in total. The Morgan fingerprint density at radius 1 is 1.04 bits per heavy atom. The van der Waals surface area contributed by atoms with E-state index in [4.69, 9.17) is 5.26 Å². The van der Waals surface area contributed by atoms with Crippen molar-refractivity contribution in [3.05, 3.63) is 72.1 Å². The molecule has 5 heteroatoms. The number of nitriles is 1. The standard InChI is InChI=1S/C21H19N5/c22-14-16-5-3-6-17(13-16)18-8-9-20(26-25-18)24-15-21(10-4-11-21)19-7-1-2-12-23-19/h1-3,5-9,12-13H,4,10-11,15H2,(H,24,26). The van der Waals surface area contributed by atoms with Crippen molar-refractivity contribution in [2.75, 3.05) is 11.9 Å². The highest BCUT2D eigenvalue weighted by Gasteiger charge is 2.39. The molecule has 0 bridgehead atoms. The SMILES string of the molecule is N#Cc1cccc(-c2ccc(NCC3(c4ccccn4)CCC3)nn2)c1. The van der Waals surface area contributed by atoms with Crippen LogP contribution in [0.1, 0.15) is 30.5 Å². The lowest BCUT2D eigenvalue weighted by Gasteiger charge is -2.41. The van der Waals surface area contributed by atoms with E-state index < -0.39 is 0 Å². The van der Waals surface area contributed by atoms with Crippen molar-refractivity contribution in [2.24, 2.45) is 0 Å². The van der Waals surface area contributed by atoms with Crippen LogP contribution < -0.4 is 5.32 Å². The number of anilines is 1. The molecule has 1 aromatic carbocycles. The molecule has 0 spiro atoms. The molecule has 3 aromatic rings. The van der Waals surface area contributed by atoms with E-state index in [1.165, 1.54) is 6.42 Å². The summed E-state index contributed by atoms with van der Waals surface area (Å²) < 4.78 is 0. The molecule has 2 heterocycles. The van der Waals surface area contributed by atoms with E-state index in [1.807, 2.05) is 48.7 Å². The van der Waals surface area contributed by atoms with Gasteiger partial charge in [-0.25, -0.2) is 0 Å². The zero-order chi connectivity index (χ0) is 17.8. The summed E-state index contributed by atoms with van der Waals surface area (Å²) in [6.07, 6.45) is 5.38. The second kappa shape index (κ2) is 6.93. The van der Waals surface area contributed by atoms with E-state index in [2.05, 4.69) is 32.6 Å². The number of nitrogens with zero attached hydrogens (tertiary/aromatic N) is 4. The number of aromatic nitrogens is 3. The van der Waals surface area contributed by atoms with Crippen LogP contribution in [0.4, 0.5) is 5.82 Å². The number of nitrogens with one attached hydrogen (secondary N) is 1. The summed E-state index contributed by atoms with van der Waals surface area (Å²) in [5.74, 6) is 0.757. The minimum Gasteiger partial charge on any atom is -0.368 e. The van der Waals surface area contributed by atoms with Crippen molar-refractivity contribution in [3.8, 4) is 17.3 Å². The summed E-state index contributed by atoms with van der Waals surface area (Å²) in [5.41, 5.74) is 3.52. The molecule has 26 heavy (non-hydrogen) atoms. The second-order valence-electron chi connectivity index (χ2n) is 6.70. The molecule has 4 rings (SSSR count). The smallest absolute Gasteiger partial charge is 0.148 e. The molecule has 0 unspecified atom stereocenters.